The van der Waals surface area contributed by atoms with Crippen molar-refractivity contribution in [1.82, 2.24) is 10.2 Å². The predicted octanol–water partition coefficient (Wildman–Crippen LogP) is 1.94. The van der Waals surface area contributed by atoms with E-state index in [-0.39, 0.29) is 17.8 Å². The van der Waals surface area contributed by atoms with Crippen LogP contribution in [-0.4, -0.2) is 41.0 Å². The van der Waals surface area contributed by atoms with Crippen molar-refractivity contribution in [2.75, 3.05) is 13.1 Å². The maximum atomic E-state index is 13.2. The molecule has 1 aromatic rings. The molecule has 1 aromatic carbocycles. The Morgan fingerprint density at radius 3 is 2.52 bits per heavy atom. The second-order valence-electron chi connectivity index (χ2n) is 6.41. The van der Waals surface area contributed by atoms with Crippen LogP contribution in [0.4, 0.5) is 4.39 Å². The third-order valence-corrected chi connectivity index (χ3v) is 4.53. The molecule has 0 bridgehead atoms. The number of carbonyl (C=O) groups excluding carboxylic acids is 1. The molecule has 1 aliphatic heterocycles. The molecule has 2 aliphatic rings. The first-order valence-electron chi connectivity index (χ1n) is 8.07. The van der Waals surface area contributed by atoms with Gasteiger partial charge in [0.15, 0.2) is 0 Å². The molecule has 1 saturated carbocycles. The fourth-order valence-corrected chi connectivity index (χ4v) is 3.12. The van der Waals surface area contributed by atoms with Gasteiger partial charge in [-0.3, -0.25) is 14.5 Å². The number of rotatable bonds is 5. The molecule has 3 rings (SSSR count). The Balaban J connectivity index is 1.82. The van der Waals surface area contributed by atoms with Crippen molar-refractivity contribution in [2.24, 2.45) is 5.92 Å². The van der Waals surface area contributed by atoms with Gasteiger partial charge in [0.2, 0.25) is 5.91 Å². The topological polar surface area (TPSA) is 69.6 Å². The van der Waals surface area contributed by atoms with E-state index in [2.05, 4.69) is 5.32 Å². The minimum Gasteiger partial charge on any atom is -0.481 e. The maximum absolute atomic E-state index is 13.2. The molecule has 2 fully saturated rings. The van der Waals surface area contributed by atoms with Crippen molar-refractivity contribution < 1.29 is 19.1 Å². The van der Waals surface area contributed by atoms with Gasteiger partial charge in [-0.1, -0.05) is 12.1 Å². The molecule has 0 radical (unpaired) electrons. The van der Waals surface area contributed by atoms with Gasteiger partial charge in [-0.05, 0) is 49.9 Å². The van der Waals surface area contributed by atoms with Crippen LogP contribution in [0.25, 0.3) is 0 Å². The molecule has 1 saturated heterocycles. The highest BCUT2D eigenvalue weighted by Crippen LogP contribution is 2.29. The Morgan fingerprint density at radius 2 is 1.91 bits per heavy atom. The lowest BCUT2D eigenvalue weighted by Gasteiger charge is -2.36. The van der Waals surface area contributed by atoms with E-state index >= 15 is 0 Å². The molecule has 124 valence electrons. The zero-order chi connectivity index (χ0) is 16.4. The fraction of sp³-hybridized carbons (Fsp3) is 0.529. The van der Waals surface area contributed by atoms with E-state index in [0.717, 1.165) is 19.3 Å². The third kappa shape index (κ3) is 3.88. The van der Waals surface area contributed by atoms with Gasteiger partial charge in [0.05, 0.1) is 5.92 Å². The summed E-state index contributed by atoms with van der Waals surface area (Å²) in [4.78, 5) is 25.9. The molecule has 2 N–H and O–H groups in total. The molecule has 2 unspecified atom stereocenters. The van der Waals surface area contributed by atoms with Gasteiger partial charge in [0.1, 0.15) is 11.9 Å². The van der Waals surface area contributed by atoms with Gasteiger partial charge < -0.3 is 10.4 Å². The number of likely N-dealkylation sites (tertiary alicyclic amines) is 1. The second kappa shape index (κ2) is 6.66. The number of carboxylic acid groups (broad SMARTS) is 1. The highest BCUT2D eigenvalue weighted by atomic mass is 19.1. The molecule has 2 atom stereocenters. The summed E-state index contributed by atoms with van der Waals surface area (Å²) in [5.74, 6) is -1.75. The van der Waals surface area contributed by atoms with E-state index in [0.29, 0.717) is 25.1 Å². The maximum Gasteiger partial charge on any atom is 0.307 e. The van der Waals surface area contributed by atoms with Crippen LogP contribution in [0.1, 0.15) is 37.3 Å². The number of nitrogens with one attached hydrogen (secondary N) is 1. The van der Waals surface area contributed by atoms with E-state index in [1.807, 2.05) is 4.90 Å². The summed E-state index contributed by atoms with van der Waals surface area (Å²) in [7, 11) is 0. The smallest absolute Gasteiger partial charge is 0.307 e. The first-order valence-corrected chi connectivity index (χ1v) is 8.07. The van der Waals surface area contributed by atoms with Crippen molar-refractivity contribution in [3.05, 3.63) is 35.6 Å². The Bertz CT molecular complexity index is 586. The molecular weight excluding hydrogens is 299 g/mol. The first-order chi connectivity index (χ1) is 11.0. The number of hydrogen-bond acceptors (Lipinski definition) is 3. The van der Waals surface area contributed by atoms with Gasteiger partial charge in [0.25, 0.3) is 0 Å². The molecule has 6 heteroatoms. The summed E-state index contributed by atoms with van der Waals surface area (Å²) in [5, 5.41) is 12.2. The quantitative estimate of drug-likeness (QED) is 0.870. The van der Waals surface area contributed by atoms with Gasteiger partial charge in [-0.25, -0.2) is 4.39 Å². The van der Waals surface area contributed by atoms with Gasteiger partial charge >= 0.3 is 5.97 Å². The first kappa shape index (κ1) is 15.9. The number of hydrogen-bond donors (Lipinski definition) is 2. The lowest BCUT2D eigenvalue weighted by atomic mass is 9.94. The van der Waals surface area contributed by atoms with Crippen molar-refractivity contribution in [3.63, 3.8) is 0 Å². The molecule has 0 aromatic heterocycles. The van der Waals surface area contributed by atoms with Gasteiger partial charge in [0, 0.05) is 12.6 Å². The van der Waals surface area contributed by atoms with Crippen molar-refractivity contribution in [1.29, 1.82) is 0 Å². The summed E-state index contributed by atoms with van der Waals surface area (Å²) in [5.41, 5.74) is 0.704. The van der Waals surface area contributed by atoms with Crippen molar-refractivity contribution >= 4 is 11.9 Å². The largest absolute Gasteiger partial charge is 0.481 e. The number of nitrogens with zero attached hydrogens (tertiary/aromatic N) is 1. The Hall–Kier alpha value is -1.95. The van der Waals surface area contributed by atoms with Crippen LogP contribution >= 0.6 is 0 Å². The zero-order valence-corrected chi connectivity index (χ0v) is 12.9. The lowest BCUT2D eigenvalue weighted by Crippen LogP contribution is -2.47. The Morgan fingerprint density at radius 1 is 1.22 bits per heavy atom. The van der Waals surface area contributed by atoms with Crippen LogP contribution in [0.15, 0.2) is 24.3 Å². The SMILES string of the molecule is O=C(O)C1CCCN(C(C(=O)NC2CC2)c2ccc(F)cc2)C1. The highest BCUT2D eigenvalue weighted by molar-refractivity contribution is 5.84. The van der Waals surface area contributed by atoms with E-state index in [4.69, 9.17) is 0 Å². The van der Waals surface area contributed by atoms with Crippen LogP contribution in [0.3, 0.4) is 0 Å². The number of carbonyl (C=O) groups is 2. The number of amides is 1. The minimum absolute atomic E-state index is 0.120. The summed E-state index contributed by atoms with van der Waals surface area (Å²) in [6.07, 6.45) is 3.34. The highest BCUT2D eigenvalue weighted by Gasteiger charge is 2.36. The van der Waals surface area contributed by atoms with Crippen LogP contribution in [0.2, 0.25) is 0 Å². The Labute approximate surface area is 134 Å². The van der Waals surface area contributed by atoms with Crippen LogP contribution in [0.5, 0.6) is 0 Å². The van der Waals surface area contributed by atoms with Crippen LogP contribution in [0, 0.1) is 11.7 Å². The van der Waals surface area contributed by atoms with Crippen molar-refractivity contribution in [3.8, 4) is 0 Å². The summed E-state index contributed by atoms with van der Waals surface area (Å²) in [6.45, 7) is 1.01. The lowest BCUT2D eigenvalue weighted by molar-refractivity contribution is -0.145. The molecule has 1 heterocycles. The average molecular weight is 320 g/mol. The van der Waals surface area contributed by atoms with Crippen LogP contribution < -0.4 is 5.32 Å². The normalized spacial score (nSPS) is 23.3. The number of halogens is 1. The number of piperidine rings is 1. The van der Waals surface area contributed by atoms with Gasteiger partial charge in [-0.15, -0.1) is 0 Å². The standard InChI is InChI=1S/C17H21FN2O3/c18-13-5-3-11(4-6-13)15(16(21)19-14-7-8-14)20-9-1-2-12(10-20)17(22)23/h3-6,12,14-15H,1-2,7-10H2,(H,19,21)(H,22,23). The van der Waals surface area contributed by atoms with Crippen LogP contribution in [-0.2, 0) is 9.59 Å². The molecule has 0 spiro atoms. The Kier molecular flexibility index (Phi) is 4.61. The molecule has 1 aliphatic carbocycles. The molecular formula is C17H21FN2O3. The number of aliphatic carboxylic acids is 1. The van der Waals surface area contributed by atoms with E-state index in [1.54, 1.807) is 12.1 Å². The minimum atomic E-state index is -0.824. The third-order valence-electron chi connectivity index (χ3n) is 4.53. The number of benzene rings is 1. The number of carboxylic acids is 1. The predicted molar refractivity (Wildman–Crippen MR) is 82.2 cm³/mol. The summed E-state index contributed by atoms with van der Waals surface area (Å²) >= 11 is 0. The molecule has 5 nitrogen and oxygen atoms in total. The zero-order valence-electron chi connectivity index (χ0n) is 12.9. The fourth-order valence-electron chi connectivity index (χ4n) is 3.12. The van der Waals surface area contributed by atoms with Crippen molar-refractivity contribution in [2.45, 2.75) is 37.8 Å². The summed E-state index contributed by atoms with van der Waals surface area (Å²) in [6, 6.07) is 5.56. The van der Waals surface area contributed by atoms with E-state index in [1.165, 1.54) is 12.1 Å². The van der Waals surface area contributed by atoms with E-state index in [9.17, 15) is 19.1 Å². The molecule has 1 amide bonds. The monoisotopic (exact) mass is 320 g/mol. The summed E-state index contributed by atoms with van der Waals surface area (Å²) < 4.78 is 13.2. The average Bonchev–Trinajstić information content (AvgIpc) is 3.34. The van der Waals surface area contributed by atoms with E-state index < -0.39 is 17.9 Å². The second-order valence-corrected chi connectivity index (χ2v) is 6.41. The van der Waals surface area contributed by atoms with Gasteiger partial charge in [-0.2, -0.15) is 0 Å². The molecule has 23 heavy (non-hydrogen) atoms.